The van der Waals surface area contributed by atoms with Crippen molar-refractivity contribution in [2.24, 2.45) is 0 Å². The van der Waals surface area contributed by atoms with Crippen LogP contribution in [0.2, 0.25) is 0 Å². The minimum Gasteiger partial charge on any atom is -0.296 e. The third-order valence-corrected chi connectivity index (χ3v) is 6.37. The van der Waals surface area contributed by atoms with Crippen molar-refractivity contribution >= 4 is 0 Å². The van der Waals surface area contributed by atoms with Gasteiger partial charge in [0.05, 0.1) is 0 Å². The second-order valence-electron chi connectivity index (χ2n) is 8.96. The van der Waals surface area contributed by atoms with Crippen LogP contribution in [-0.2, 0) is 25.8 Å². The SMILES string of the molecule is CCCCc1cccc(-c2ccc(Cc3cnc(CC)n(CCCC)c3=O)cc2-c2nn[nH]n2)c1. The molecule has 2 aromatic carbocycles. The Hall–Kier alpha value is -3.61. The maximum Gasteiger partial charge on any atom is 0.256 e. The highest BCUT2D eigenvalue weighted by molar-refractivity contribution is 5.81. The zero-order valence-corrected chi connectivity index (χ0v) is 20.9. The summed E-state index contributed by atoms with van der Waals surface area (Å²) in [4.78, 5) is 17.9. The lowest BCUT2D eigenvalue weighted by molar-refractivity contribution is 0.569. The third kappa shape index (κ3) is 5.73. The second kappa shape index (κ2) is 11.7. The molecule has 2 aromatic heterocycles. The fourth-order valence-electron chi connectivity index (χ4n) is 4.43. The van der Waals surface area contributed by atoms with Crippen LogP contribution in [0.15, 0.2) is 53.5 Å². The van der Waals surface area contributed by atoms with Crippen LogP contribution >= 0.6 is 0 Å². The van der Waals surface area contributed by atoms with Gasteiger partial charge >= 0.3 is 0 Å². The number of hydrogen-bond acceptors (Lipinski definition) is 5. The standard InChI is InChI=1S/C28H34N6O/c1-4-7-10-20-11-9-12-22(16-20)24-14-13-21(18-25(24)27-30-32-33-31-27)17-23-19-29-26(6-3)34(28(23)35)15-8-5-2/h9,11-14,16,18-19H,4-8,10,15,17H2,1-3H3,(H,30,31,32,33). The first-order valence-corrected chi connectivity index (χ1v) is 12.7. The van der Waals surface area contributed by atoms with Crippen molar-refractivity contribution in [2.45, 2.75) is 72.3 Å². The Morgan fingerprint density at radius 1 is 0.943 bits per heavy atom. The fraction of sp³-hybridized carbons (Fsp3) is 0.393. The van der Waals surface area contributed by atoms with Gasteiger partial charge < -0.3 is 0 Å². The maximum absolute atomic E-state index is 13.3. The predicted octanol–water partition coefficient (Wildman–Crippen LogP) is 5.39. The number of nitrogens with one attached hydrogen (secondary N) is 1. The third-order valence-electron chi connectivity index (χ3n) is 6.37. The number of nitrogens with zero attached hydrogens (tertiary/aromatic N) is 5. The summed E-state index contributed by atoms with van der Waals surface area (Å²) in [5.74, 6) is 1.39. The van der Waals surface area contributed by atoms with Crippen molar-refractivity contribution in [1.29, 1.82) is 0 Å². The van der Waals surface area contributed by atoms with Crippen LogP contribution in [0.25, 0.3) is 22.5 Å². The van der Waals surface area contributed by atoms with Crippen molar-refractivity contribution in [3.05, 3.63) is 81.5 Å². The fourth-order valence-corrected chi connectivity index (χ4v) is 4.43. The van der Waals surface area contributed by atoms with Crippen LogP contribution in [-0.4, -0.2) is 30.2 Å². The van der Waals surface area contributed by atoms with Gasteiger partial charge in [-0.3, -0.25) is 9.36 Å². The Morgan fingerprint density at radius 3 is 2.54 bits per heavy atom. The largest absolute Gasteiger partial charge is 0.296 e. The van der Waals surface area contributed by atoms with Gasteiger partial charge in [0, 0.05) is 36.7 Å². The Balaban J connectivity index is 1.71. The lowest BCUT2D eigenvalue weighted by Gasteiger charge is -2.14. The van der Waals surface area contributed by atoms with Crippen molar-refractivity contribution in [2.75, 3.05) is 0 Å². The van der Waals surface area contributed by atoms with Crippen LogP contribution in [0.3, 0.4) is 0 Å². The molecular weight excluding hydrogens is 436 g/mol. The quantitative estimate of drug-likeness (QED) is 0.318. The van der Waals surface area contributed by atoms with Gasteiger partial charge in [-0.25, -0.2) is 4.98 Å². The molecule has 0 unspecified atom stereocenters. The van der Waals surface area contributed by atoms with E-state index in [9.17, 15) is 4.79 Å². The molecule has 35 heavy (non-hydrogen) atoms. The second-order valence-corrected chi connectivity index (χ2v) is 8.96. The average molecular weight is 471 g/mol. The Labute approximate surface area is 206 Å². The highest BCUT2D eigenvalue weighted by atomic mass is 16.1. The van der Waals surface area contributed by atoms with E-state index in [4.69, 9.17) is 0 Å². The molecule has 4 aromatic rings. The molecule has 0 fully saturated rings. The number of H-pyrrole nitrogens is 1. The van der Waals surface area contributed by atoms with Crippen LogP contribution in [0.5, 0.6) is 0 Å². The number of benzene rings is 2. The van der Waals surface area contributed by atoms with Crippen molar-refractivity contribution in [3.8, 4) is 22.5 Å². The molecule has 0 atom stereocenters. The molecule has 0 aliphatic rings. The molecule has 0 spiro atoms. The molecule has 0 saturated carbocycles. The number of aromatic nitrogens is 6. The maximum atomic E-state index is 13.3. The molecule has 7 heteroatoms. The minimum absolute atomic E-state index is 0.0547. The van der Waals surface area contributed by atoms with Crippen LogP contribution in [0.4, 0.5) is 0 Å². The highest BCUT2D eigenvalue weighted by Crippen LogP contribution is 2.32. The summed E-state index contributed by atoms with van der Waals surface area (Å²) >= 11 is 0. The Morgan fingerprint density at radius 2 is 1.80 bits per heavy atom. The molecule has 0 bridgehead atoms. The number of aromatic amines is 1. The van der Waals surface area contributed by atoms with Gasteiger partial charge in [0.25, 0.3) is 5.56 Å². The van der Waals surface area contributed by atoms with E-state index in [0.29, 0.717) is 24.4 Å². The van der Waals surface area contributed by atoms with E-state index in [-0.39, 0.29) is 5.56 Å². The molecule has 7 nitrogen and oxygen atoms in total. The first-order chi connectivity index (χ1) is 17.1. The number of aryl methyl sites for hydroxylation is 2. The summed E-state index contributed by atoms with van der Waals surface area (Å²) < 4.78 is 1.84. The molecule has 2 heterocycles. The summed E-state index contributed by atoms with van der Waals surface area (Å²) in [5, 5.41) is 14.9. The lowest BCUT2D eigenvalue weighted by atomic mass is 9.93. The Kier molecular flexibility index (Phi) is 8.19. The van der Waals surface area contributed by atoms with Gasteiger partial charge in [0.15, 0.2) is 0 Å². The van der Waals surface area contributed by atoms with E-state index < -0.39 is 0 Å². The zero-order valence-electron chi connectivity index (χ0n) is 20.9. The summed E-state index contributed by atoms with van der Waals surface area (Å²) in [6.45, 7) is 7.09. The zero-order chi connectivity index (χ0) is 24.6. The normalized spacial score (nSPS) is 11.2. The molecule has 0 aliphatic carbocycles. The number of tetrazole rings is 1. The van der Waals surface area contributed by atoms with Gasteiger partial charge in [0.2, 0.25) is 5.82 Å². The van der Waals surface area contributed by atoms with Gasteiger partial charge in [-0.05, 0) is 52.8 Å². The van der Waals surface area contributed by atoms with Gasteiger partial charge in [-0.1, -0.05) is 70.0 Å². The first-order valence-electron chi connectivity index (χ1n) is 12.7. The summed E-state index contributed by atoms with van der Waals surface area (Å²) in [7, 11) is 0. The smallest absolute Gasteiger partial charge is 0.256 e. The minimum atomic E-state index is 0.0547. The van der Waals surface area contributed by atoms with Crippen LogP contribution in [0, 0.1) is 0 Å². The van der Waals surface area contributed by atoms with E-state index in [1.807, 2.05) is 11.5 Å². The first kappa shape index (κ1) is 24.5. The number of rotatable bonds is 11. The molecular formula is C28H34N6O. The number of unbranched alkanes of at least 4 members (excludes halogenated alkanes) is 2. The van der Waals surface area contributed by atoms with E-state index in [1.54, 1.807) is 6.20 Å². The van der Waals surface area contributed by atoms with E-state index in [1.165, 1.54) is 18.4 Å². The molecule has 182 valence electrons. The summed E-state index contributed by atoms with van der Waals surface area (Å²) in [6.07, 6.45) is 8.38. The molecule has 0 aliphatic heterocycles. The van der Waals surface area contributed by atoms with E-state index in [0.717, 1.165) is 53.8 Å². The van der Waals surface area contributed by atoms with Crippen LogP contribution < -0.4 is 5.56 Å². The molecule has 4 rings (SSSR count). The Bertz CT molecular complexity index is 1310. The molecule has 0 amide bonds. The monoisotopic (exact) mass is 470 g/mol. The lowest BCUT2D eigenvalue weighted by Crippen LogP contribution is -2.28. The van der Waals surface area contributed by atoms with E-state index in [2.05, 4.69) is 81.9 Å². The summed E-state index contributed by atoms with van der Waals surface area (Å²) in [5.41, 5.74) is 6.16. The van der Waals surface area contributed by atoms with E-state index >= 15 is 0 Å². The van der Waals surface area contributed by atoms with Crippen LogP contribution in [0.1, 0.15) is 69.0 Å². The topological polar surface area (TPSA) is 89.4 Å². The highest BCUT2D eigenvalue weighted by Gasteiger charge is 2.15. The molecule has 0 radical (unpaired) electrons. The van der Waals surface area contributed by atoms with Gasteiger partial charge in [-0.15, -0.1) is 10.2 Å². The molecule has 0 saturated heterocycles. The average Bonchev–Trinajstić information content (AvgIpc) is 3.43. The molecule has 1 N–H and O–H groups in total. The van der Waals surface area contributed by atoms with Gasteiger partial charge in [-0.2, -0.15) is 5.21 Å². The van der Waals surface area contributed by atoms with Crippen molar-refractivity contribution in [3.63, 3.8) is 0 Å². The summed E-state index contributed by atoms with van der Waals surface area (Å²) in [6, 6.07) is 14.9. The predicted molar refractivity (Wildman–Crippen MR) is 139 cm³/mol. The van der Waals surface area contributed by atoms with Crippen molar-refractivity contribution in [1.82, 2.24) is 30.2 Å². The van der Waals surface area contributed by atoms with Gasteiger partial charge in [0.1, 0.15) is 5.82 Å². The number of hydrogen-bond donors (Lipinski definition) is 1. The van der Waals surface area contributed by atoms with Crippen molar-refractivity contribution < 1.29 is 0 Å².